The van der Waals surface area contributed by atoms with Crippen LogP contribution in [0.5, 0.6) is 0 Å². The molecule has 0 radical (unpaired) electrons. The third kappa shape index (κ3) is 3.68. The van der Waals surface area contributed by atoms with Crippen molar-refractivity contribution in [2.24, 2.45) is 0 Å². The number of aliphatic hydroxyl groups is 1. The Balaban J connectivity index is 2.59. The van der Waals surface area contributed by atoms with Crippen molar-refractivity contribution in [1.29, 1.82) is 0 Å². The number of carbonyl (C=O) groups is 1. The number of amides is 1. The highest BCUT2D eigenvalue weighted by atomic mass is 16.3. The average molecular weight is 238 g/mol. The number of rotatable bonds is 6. The van der Waals surface area contributed by atoms with E-state index in [2.05, 4.69) is 13.2 Å². The van der Waals surface area contributed by atoms with Gasteiger partial charge >= 0.3 is 0 Å². The molecule has 0 aliphatic carbocycles. The van der Waals surface area contributed by atoms with Gasteiger partial charge in [-0.2, -0.15) is 0 Å². The Morgan fingerprint density at radius 1 is 1.53 bits per heavy atom. The van der Waals surface area contributed by atoms with Crippen molar-refractivity contribution in [2.45, 2.75) is 25.5 Å². The highest BCUT2D eigenvalue weighted by molar-refractivity contribution is 5.81. The Morgan fingerprint density at radius 3 is 2.53 bits per heavy atom. The number of carbonyl (C=O) groups excluding carboxylic acids is 1. The Labute approximate surface area is 103 Å². The standard InChI is InChI=1S/C13H22N2O2/c1-4-7-14(8-5-2)13(17)11(3)15-9-6-12(16)10-15/h4-5,11-12,16H,1-2,6-10H2,3H3/t11?,12-/m0/s1. The third-order valence-corrected chi connectivity index (χ3v) is 3.11. The minimum atomic E-state index is -0.294. The minimum absolute atomic E-state index is 0.0684. The second kappa shape index (κ2) is 6.57. The number of nitrogens with zero attached hydrogens (tertiary/aromatic N) is 2. The average Bonchev–Trinajstić information content (AvgIpc) is 2.73. The quantitative estimate of drug-likeness (QED) is 0.691. The molecule has 1 saturated heterocycles. The molecule has 0 spiro atoms. The van der Waals surface area contributed by atoms with Gasteiger partial charge < -0.3 is 10.0 Å². The van der Waals surface area contributed by atoms with Crippen LogP contribution in [0.4, 0.5) is 0 Å². The van der Waals surface area contributed by atoms with E-state index in [0.717, 1.165) is 13.0 Å². The largest absolute Gasteiger partial charge is 0.392 e. The Hall–Kier alpha value is -1.13. The first-order chi connectivity index (χ1) is 8.10. The van der Waals surface area contributed by atoms with Gasteiger partial charge in [0.2, 0.25) is 5.91 Å². The van der Waals surface area contributed by atoms with Crippen LogP contribution in [0, 0.1) is 0 Å². The van der Waals surface area contributed by atoms with Gasteiger partial charge in [0.15, 0.2) is 0 Å². The first-order valence-corrected chi connectivity index (χ1v) is 6.02. The summed E-state index contributed by atoms with van der Waals surface area (Å²) in [7, 11) is 0. The molecule has 0 aromatic heterocycles. The smallest absolute Gasteiger partial charge is 0.240 e. The molecule has 2 atom stereocenters. The molecule has 0 bridgehead atoms. The molecule has 17 heavy (non-hydrogen) atoms. The Bertz CT molecular complexity index is 281. The van der Waals surface area contributed by atoms with Crippen molar-refractivity contribution in [2.75, 3.05) is 26.2 Å². The van der Waals surface area contributed by atoms with Crippen molar-refractivity contribution in [3.05, 3.63) is 25.3 Å². The predicted molar refractivity (Wildman–Crippen MR) is 68.6 cm³/mol. The lowest BCUT2D eigenvalue weighted by Crippen LogP contribution is -2.46. The summed E-state index contributed by atoms with van der Waals surface area (Å²) in [6.45, 7) is 11.6. The molecule has 1 aliphatic heterocycles. The summed E-state index contributed by atoms with van der Waals surface area (Å²) in [5.74, 6) is 0.0684. The van der Waals surface area contributed by atoms with E-state index in [1.807, 2.05) is 11.8 Å². The van der Waals surface area contributed by atoms with Gasteiger partial charge in [-0.1, -0.05) is 12.2 Å². The molecule has 1 aliphatic rings. The fourth-order valence-electron chi connectivity index (χ4n) is 2.11. The highest BCUT2D eigenvalue weighted by Gasteiger charge is 2.30. The summed E-state index contributed by atoms with van der Waals surface area (Å²) in [4.78, 5) is 16.0. The lowest BCUT2D eigenvalue weighted by Gasteiger charge is -2.28. The zero-order valence-corrected chi connectivity index (χ0v) is 10.5. The van der Waals surface area contributed by atoms with Gasteiger partial charge in [-0.05, 0) is 13.3 Å². The fourth-order valence-corrected chi connectivity index (χ4v) is 2.11. The minimum Gasteiger partial charge on any atom is -0.392 e. The maximum absolute atomic E-state index is 12.2. The number of β-amino-alcohol motifs (C(OH)–C–C–N with tert-alkyl or cyclic N) is 1. The van der Waals surface area contributed by atoms with Crippen molar-refractivity contribution in [1.82, 2.24) is 9.80 Å². The fraction of sp³-hybridized carbons (Fsp3) is 0.615. The van der Waals surface area contributed by atoms with Crippen LogP contribution < -0.4 is 0 Å². The predicted octanol–water partition coefficient (Wildman–Crippen LogP) is 0.642. The lowest BCUT2D eigenvalue weighted by molar-refractivity contribution is -0.135. The molecule has 4 nitrogen and oxygen atoms in total. The molecule has 0 saturated carbocycles. The molecule has 1 fully saturated rings. The molecular weight excluding hydrogens is 216 g/mol. The summed E-state index contributed by atoms with van der Waals surface area (Å²) in [6, 6.07) is -0.188. The van der Waals surface area contributed by atoms with E-state index in [-0.39, 0.29) is 18.1 Å². The number of hydrogen-bond acceptors (Lipinski definition) is 3. The van der Waals surface area contributed by atoms with E-state index in [1.165, 1.54) is 0 Å². The van der Waals surface area contributed by atoms with Crippen LogP contribution in [0.25, 0.3) is 0 Å². The van der Waals surface area contributed by atoms with Crippen LogP contribution >= 0.6 is 0 Å². The first kappa shape index (κ1) is 13.9. The number of aliphatic hydroxyl groups excluding tert-OH is 1. The monoisotopic (exact) mass is 238 g/mol. The van der Waals surface area contributed by atoms with Crippen LogP contribution in [-0.4, -0.2) is 59.1 Å². The Morgan fingerprint density at radius 2 is 2.12 bits per heavy atom. The SMILES string of the molecule is C=CCN(CC=C)C(=O)C(C)N1CC[C@H](O)C1. The van der Waals surface area contributed by atoms with Crippen molar-refractivity contribution < 1.29 is 9.90 Å². The molecule has 0 aromatic carbocycles. The summed E-state index contributed by atoms with van der Waals surface area (Å²) in [6.07, 6.45) is 3.89. The molecule has 96 valence electrons. The van der Waals surface area contributed by atoms with E-state index in [4.69, 9.17) is 0 Å². The summed E-state index contributed by atoms with van der Waals surface area (Å²) >= 11 is 0. The topological polar surface area (TPSA) is 43.8 Å². The van der Waals surface area contributed by atoms with E-state index in [0.29, 0.717) is 19.6 Å². The van der Waals surface area contributed by atoms with Gasteiger partial charge in [0.25, 0.3) is 0 Å². The molecule has 1 amide bonds. The second-order valence-corrected chi connectivity index (χ2v) is 4.43. The van der Waals surface area contributed by atoms with Gasteiger partial charge in [-0.15, -0.1) is 13.2 Å². The summed E-state index contributed by atoms with van der Waals surface area (Å²) in [5.41, 5.74) is 0. The first-order valence-electron chi connectivity index (χ1n) is 6.02. The summed E-state index contributed by atoms with van der Waals surface area (Å²) < 4.78 is 0. The van der Waals surface area contributed by atoms with Crippen LogP contribution in [0.15, 0.2) is 25.3 Å². The zero-order chi connectivity index (χ0) is 12.8. The van der Waals surface area contributed by atoms with Crippen molar-refractivity contribution in [3.63, 3.8) is 0 Å². The van der Waals surface area contributed by atoms with Gasteiger partial charge in [-0.25, -0.2) is 0 Å². The molecule has 0 aromatic rings. The van der Waals surface area contributed by atoms with Crippen molar-refractivity contribution in [3.8, 4) is 0 Å². The molecule has 1 rings (SSSR count). The van der Waals surface area contributed by atoms with Gasteiger partial charge in [0, 0.05) is 26.2 Å². The van der Waals surface area contributed by atoms with Crippen LogP contribution in [0.1, 0.15) is 13.3 Å². The molecule has 1 unspecified atom stereocenters. The van der Waals surface area contributed by atoms with E-state index in [1.54, 1.807) is 17.1 Å². The molecule has 4 heteroatoms. The maximum atomic E-state index is 12.2. The van der Waals surface area contributed by atoms with Gasteiger partial charge in [0.1, 0.15) is 0 Å². The normalized spacial score (nSPS) is 22.1. The van der Waals surface area contributed by atoms with Crippen LogP contribution in [0.2, 0.25) is 0 Å². The van der Waals surface area contributed by atoms with Crippen molar-refractivity contribution >= 4 is 5.91 Å². The number of hydrogen-bond donors (Lipinski definition) is 1. The Kier molecular flexibility index (Phi) is 5.38. The molecule has 1 N–H and O–H groups in total. The van der Waals surface area contributed by atoms with E-state index < -0.39 is 0 Å². The maximum Gasteiger partial charge on any atom is 0.240 e. The molecular formula is C13H22N2O2. The zero-order valence-electron chi connectivity index (χ0n) is 10.5. The third-order valence-electron chi connectivity index (χ3n) is 3.11. The van der Waals surface area contributed by atoms with Crippen LogP contribution in [0.3, 0.4) is 0 Å². The second-order valence-electron chi connectivity index (χ2n) is 4.43. The van der Waals surface area contributed by atoms with Gasteiger partial charge in [0.05, 0.1) is 12.1 Å². The van der Waals surface area contributed by atoms with E-state index in [9.17, 15) is 9.90 Å². The van der Waals surface area contributed by atoms with Gasteiger partial charge in [-0.3, -0.25) is 9.69 Å². The highest BCUT2D eigenvalue weighted by Crippen LogP contribution is 2.14. The van der Waals surface area contributed by atoms with E-state index >= 15 is 0 Å². The lowest BCUT2D eigenvalue weighted by atomic mass is 10.2. The van der Waals surface area contributed by atoms with Crippen LogP contribution in [-0.2, 0) is 4.79 Å². The molecule has 1 heterocycles. The number of likely N-dealkylation sites (tertiary alicyclic amines) is 1. The summed E-state index contributed by atoms with van der Waals surface area (Å²) in [5, 5.41) is 9.48.